The van der Waals surface area contributed by atoms with Crippen molar-refractivity contribution in [2.45, 2.75) is 25.7 Å². The Morgan fingerprint density at radius 2 is 1.03 bits per heavy atom. The molecule has 37 heavy (non-hydrogen) atoms. The van der Waals surface area contributed by atoms with Gasteiger partial charge in [0.05, 0.1) is 42.7 Å². The van der Waals surface area contributed by atoms with Gasteiger partial charge in [0, 0.05) is 0 Å². The summed E-state index contributed by atoms with van der Waals surface area (Å²) in [6.45, 7) is 0. The lowest BCUT2D eigenvalue weighted by atomic mass is 9.94. The smallest absolute Gasteiger partial charge is 0.339 e. The third kappa shape index (κ3) is 6.39. The van der Waals surface area contributed by atoms with E-state index in [9.17, 15) is 9.90 Å². The average molecular weight is 511 g/mol. The molecule has 3 aromatic carbocycles. The predicted molar refractivity (Wildman–Crippen MR) is 140 cm³/mol. The van der Waals surface area contributed by atoms with Crippen LogP contribution in [0.2, 0.25) is 0 Å². The standard InChI is InChI=1S/C29H34O8/c1-32-23-13-18(9-12-22(23)29(30)31)7-10-20-16-24(33-2)25(34-3)17-21(20)11-8-19-14-26(35-4)28(37-6)27(15-19)36-5/h9,12-17H,7-8,10-11H2,1-6H3,(H,30,31). The fourth-order valence-corrected chi connectivity index (χ4v) is 4.33. The average Bonchev–Trinajstić information content (AvgIpc) is 2.93. The molecule has 0 saturated carbocycles. The van der Waals surface area contributed by atoms with Crippen molar-refractivity contribution in [3.05, 3.63) is 70.3 Å². The number of carboxylic acid groups (broad SMARTS) is 1. The van der Waals surface area contributed by atoms with Crippen molar-refractivity contribution < 1.29 is 38.3 Å². The number of aromatic carboxylic acids is 1. The molecule has 198 valence electrons. The van der Waals surface area contributed by atoms with Gasteiger partial charge in [-0.1, -0.05) is 6.07 Å². The van der Waals surface area contributed by atoms with Crippen LogP contribution in [0, 0.1) is 0 Å². The largest absolute Gasteiger partial charge is 0.496 e. The van der Waals surface area contributed by atoms with E-state index in [4.69, 9.17) is 28.4 Å². The Kier molecular flexibility index (Phi) is 9.49. The fraction of sp³-hybridized carbons (Fsp3) is 0.345. The third-order valence-corrected chi connectivity index (χ3v) is 6.29. The molecule has 3 aromatic rings. The zero-order valence-corrected chi connectivity index (χ0v) is 22.2. The molecule has 0 saturated heterocycles. The van der Waals surface area contributed by atoms with Crippen LogP contribution in [0.5, 0.6) is 34.5 Å². The Hall–Kier alpha value is -4.07. The second kappa shape index (κ2) is 12.8. The maximum atomic E-state index is 11.4. The normalized spacial score (nSPS) is 10.5. The van der Waals surface area contributed by atoms with E-state index in [0.717, 1.165) is 41.5 Å². The number of aryl methyl sites for hydroxylation is 4. The van der Waals surface area contributed by atoms with E-state index in [-0.39, 0.29) is 5.56 Å². The second-order valence-electron chi connectivity index (χ2n) is 8.35. The summed E-state index contributed by atoms with van der Waals surface area (Å²) in [7, 11) is 9.50. The van der Waals surface area contributed by atoms with Gasteiger partial charge in [0.25, 0.3) is 0 Å². The number of benzene rings is 3. The molecule has 0 aliphatic carbocycles. The lowest BCUT2D eigenvalue weighted by molar-refractivity contribution is 0.0693. The van der Waals surface area contributed by atoms with Crippen LogP contribution in [0.15, 0.2) is 42.5 Å². The summed E-state index contributed by atoms with van der Waals surface area (Å²) in [5.41, 5.74) is 4.41. The van der Waals surface area contributed by atoms with Gasteiger partial charge in [-0.15, -0.1) is 0 Å². The number of ether oxygens (including phenoxy) is 6. The molecular formula is C29H34O8. The minimum Gasteiger partial charge on any atom is -0.496 e. The van der Waals surface area contributed by atoms with E-state index >= 15 is 0 Å². The first-order chi connectivity index (χ1) is 17.9. The molecular weight excluding hydrogens is 476 g/mol. The second-order valence-corrected chi connectivity index (χ2v) is 8.35. The zero-order valence-electron chi connectivity index (χ0n) is 22.2. The van der Waals surface area contributed by atoms with Crippen molar-refractivity contribution >= 4 is 5.97 Å². The zero-order chi connectivity index (χ0) is 26.9. The Morgan fingerprint density at radius 3 is 1.46 bits per heavy atom. The molecule has 8 heteroatoms. The molecule has 8 nitrogen and oxygen atoms in total. The predicted octanol–water partition coefficient (Wildman–Crippen LogP) is 5.01. The SMILES string of the molecule is COc1cc(CCc2ccc(C(=O)O)c(OC)c2)c(CCc2cc(OC)c(OC)c(OC)c2)cc1OC. The number of methoxy groups -OCH3 is 6. The van der Waals surface area contributed by atoms with E-state index in [1.807, 2.05) is 30.3 Å². The summed E-state index contributed by atoms with van der Waals surface area (Å²) in [4.78, 5) is 11.4. The van der Waals surface area contributed by atoms with Gasteiger partial charge in [0.1, 0.15) is 11.3 Å². The minimum atomic E-state index is -1.02. The van der Waals surface area contributed by atoms with Gasteiger partial charge in [0.15, 0.2) is 23.0 Å². The van der Waals surface area contributed by atoms with Crippen molar-refractivity contribution in [1.29, 1.82) is 0 Å². The number of carbonyl (C=O) groups is 1. The van der Waals surface area contributed by atoms with Crippen LogP contribution in [0.25, 0.3) is 0 Å². The molecule has 0 radical (unpaired) electrons. The Bertz CT molecular complexity index is 1210. The highest BCUT2D eigenvalue weighted by molar-refractivity contribution is 5.91. The monoisotopic (exact) mass is 510 g/mol. The summed E-state index contributed by atoms with van der Waals surface area (Å²) < 4.78 is 32.8. The highest BCUT2D eigenvalue weighted by Gasteiger charge is 2.16. The number of rotatable bonds is 13. The maximum Gasteiger partial charge on any atom is 0.339 e. The van der Waals surface area contributed by atoms with Crippen LogP contribution in [0.3, 0.4) is 0 Å². The molecule has 0 spiro atoms. The molecule has 0 bridgehead atoms. The van der Waals surface area contributed by atoms with Crippen molar-refractivity contribution in [3.8, 4) is 34.5 Å². The van der Waals surface area contributed by atoms with Crippen LogP contribution in [-0.4, -0.2) is 53.7 Å². The molecule has 0 aliphatic rings. The van der Waals surface area contributed by atoms with Crippen LogP contribution in [0.4, 0.5) is 0 Å². The first-order valence-electron chi connectivity index (χ1n) is 11.8. The summed E-state index contributed by atoms with van der Waals surface area (Å²) >= 11 is 0. The Balaban J connectivity index is 1.89. The summed E-state index contributed by atoms with van der Waals surface area (Å²) in [6.07, 6.45) is 2.90. The summed E-state index contributed by atoms with van der Waals surface area (Å²) in [5.74, 6) is 2.44. The number of hydrogen-bond donors (Lipinski definition) is 1. The van der Waals surface area contributed by atoms with Crippen LogP contribution in [0.1, 0.15) is 32.6 Å². The van der Waals surface area contributed by atoms with E-state index in [0.29, 0.717) is 40.9 Å². The van der Waals surface area contributed by atoms with Gasteiger partial charge in [-0.2, -0.15) is 0 Å². The molecule has 0 aliphatic heterocycles. The molecule has 0 fully saturated rings. The topological polar surface area (TPSA) is 92.7 Å². The van der Waals surface area contributed by atoms with Gasteiger partial charge < -0.3 is 33.5 Å². The maximum absolute atomic E-state index is 11.4. The van der Waals surface area contributed by atoms with Crippen molar-refractivity contribution in [1.82, 2.24) is 0 Å². The van der Waals surface area contributed by atoms with Crippen LogP contribution < -0.4 is 28.4 Å². The molecule has 0 unspecified atom stereocenters. The molecule has 0 atom stereocenters. The molecule has 0 aromatic heterocycles. The summed E-state index contributed by atoms with van der Waals surface area (Å²) in [6, 6.07) is 13.1. The van der Waals surface area contributed by atoms with E-state index in [1.165, 1.54) is 7.11 Å². The number of hydrogen-bond acceptors (Lipinski definition) is 7. The molecule has 3 rings (SSSR count). The lowest BCUT2D eigenvalue weighted by Crippen LogP contribution is -2.04. The molecule has 0 heterocycles. The van der Waals surface area contributed by atoms with E-state index in [2.05, 4.69) is 0 Å². The van der Waals surface area contributed by atoms with Gasteiger partial charge in [-0.25, -0.2) is 4.79 Å². The van der Waals surface area contributed by atoms with E-state index in [1.54, 1.807) is 47.7 Å². The van der Waals surface area contributed by atoms with E-state index < -0.39 is 5.97 Å². The lowest BCUT2D eigenvalue weighted by Gasteiger charge is -2.17. The van der Waals surface area contributed by atoms with Crippen LogP contribution >= 0.6 is 0 Å². The quantitative estimate of drug-likeness (QED) is 0.343. The number of carboxylic acids is 1. The minimum absolute atomic E-state index is 0.142. The first-order valence-corrected chi connectivity index (χ1v) is 11.8. The van der Waals surface area contributed by atoms with Gasteiger partial charge >= 0.3 is 5.97 Å². The molecule has 1 N–H and O–H groups in total. The van der Waals surface area contributed by atoms with Crippen molar-refractivity contribution in [2.75, 3.05) is 42.7 Å². The highest BCUT2D eigenvalue weighted by atomic mass is 16.5. The molecule has 0 amide bonds. The fourth-order valence-electron chi connectivity index (χ4n) is 4.33. The van der Waals surface area contributed by atoms with Crippen molar-refractivity contribution in [2.24, 2.45) is 0 Å². The van der Waals surface area contributed by atoms with Gasteiger partial charge in [-0.3, -0.25) is 0 Å². The Labute approximate surface area is 217 Å². The highest BCUT2D eigenvalue weighted by Crippen LogP contribution is 2.39. The van der Waals surface area contributed by atoms with Gasteiger partial charge in [-0.05, 0) is 84.3 Å². The van der Waals surface area contributed by atoms with Crippen LogP contribution in [-0.2, 0) is 25.7 Å². The summed E-state index contributed by atoms with van der Waals surface area (Å²) in [5, 5.41) is 9.36. The first kappa shape index (κ1) is 27.5. The van der Waals surface area contributed by atoms with Crippen molar-refractivity contribution in [3.63, 3.8) is 0 Å². The third-order valence-electron chi connectivity index (χ3n) is 6.29. The Morgan fingerprint density at radius 1 is 0.568 bits per heavy atom. The van der Waals surface area contributed by atoms with Gasteiger partial charge in [0.2, 0.25) is 5.75 Å².